The minimum atomic E-state index is 0.958. The van der Waals surface area contributed by atoms with E-state index in [1.807, 2.05) is 0 Å². The van der Waals surface area contributed by atoms with Gasteiger partial charge < -0.3 is 52.5 Å². The van der Waals surface area contributed by atoms with Crippen molar-refractivity contribution >= 4 is 44.4 Å². The third kappa shape index (κ3) is 20.7. The molecule has 0 aliphatic carbocycles. The molecule has 74 heavy (non-hydrogen) atoms. The molecule has 0 saturated heterocycles. The van der Waals surface area contributed by atoms with Crippen LogP contribution in [0.4, 0.5) is 0 Å². The molecular formula is C62H106N12. The Morgan fingerprint density at radius 1 is 0.324 bits per heavy atom. The molecule has 10 N–H and O–H groups in total. The second-order valence-electron chi connectivity index (χ2n) is 21.0. The molecule has 0 unspecified atom stereocenters. The molecule has 8 bridgehead atoms. The molecule has 0 aromatic carbocycles. The highest BCUT2D eigenvalue weighted by Gasteiger charge is 2.22. The number of hydrogen-bond acceptors (Lipinski definition) is 10. The van der Waals surface area contributed by atoms with Gasteiger partial charge >= 0.3 is 0 Å². The van der Waals surface area contributed by atoms with E-state index in [9.17, 15) is 0 Å². The minimum absolute atomic E-state index is 0.958. The molecule has 0 saturated carbocycles. The predicted molar refractivity (Wildman–Crippen MR) is 322 cm³/mol. The van der Waals surface area contributed by atoms with E-state index in [2.05, 4.69) is 132 Å². The normalized spacial score (nSPS) is 12.9. The van der Waals surface area contributed by atoms with Gasteiger partial charge in [-0.05, 0) is 317 Å². The molecule has 5 heterocycles. The SMILES string of the molecule is CCNCCCCNCCCCNCCCCNCCCC1=C(C)c2cc3[nH]c(cc4[nH]c(cc5nc(cc1n2)C(C)=C5CCCNCCCCNCCCCNCCCCNCC)c(CC)c4C)c(CC)c3C. The molecule has 0 atom stereocenters. The maximum absolute atomic E-state index is 5.47. The Labute approximate surface area is 450 Å². The Hall–Kier alpha value is -3.72. The molecule has 2 aliphatic heterocycles. The zero-order valence-corrected chi connectivity index (χ0v) is 48.2. The van der Waals surface area contributed by atoms with Gasteiger partial charge in [0.2, 0.25) is 0 Å². The van der Waals surface area contributed by atoms with E-state index in [0.29, 0.717) is 0 Å². The molecule has 2 aliphatic rings. The molecule has 12 heteroatoms. The van der Waals surface area contributed by atoms with Gasteiger partial charge in [-0.1, -0.05) is 27.7 Å². The molecule has 0 amide bonds. The van der Waals surface area contributed by atoms with Gasteiger partial charge in [-0.2, -0.15) is 0 Å². The van der Waals surface area contributed by atoms with Crippen molar-refractivity contribution in [2.75, 3.05) is 105 Å². The van der Waals surface area contributed by atoms with Crippen molar-refractivity contribution in [2.45, 2.75) is 171 Å². The van der Waals surface area contributed by atoms with Gasteiger partial charge in [0.25, 0.3) is 0 Å². The van der Waals surface area contributed by atoms with Crippen molar-refractivity contribution < 1.29 is 0 Å². The van der Waals surface area contributed by atoms with Crippen LogP contribution in [0.15, 0.2) is 24.3 Å². The van der Waals surface area contributed by atoms with E-state index in [4.69, 9.17) is 9.97 Å². The number of aromatic nitrogens is 4. The lowest BCUT2D eigenvalue weighted by molar-refractivity contribution is 0.542. The average Bonchev–Trinajstić information content (AvgIpc) is 4.07. The van der Waals surface area contributed by atoms with Crippen molar-refractivity contribution in [1.29, 1.82) is 0 Å². The Kier molecular flexibility index (Phi) is 30.0. The molecule has 3 aromatic rings. The van der Waals surface area contributed by atoms with Crippen LogP contribution in [0.25, 0.3) is 44.4 Å². The lowest BCUT2D eigenvalue weighted by atomic mass is 9.98. The van der Waals surface area contributed by atoms with E-state index in [1.165, 1.54) is 138 Å². The summed E-state index contributed by atoms with van der Waals surface area (Å²) >= 11 is 0. The van der Waals surface area contributed by atoms with Gasteiger partial charge in [-0.3, -0.25) is 0 Å². The van der Waals surface area contributed by atoms with Gasteiger partial charge in [0.15, 0.2) is 0 Å². The lowest BCUT2D eigenvalue weighted by Crippen LogP contribution is -2.22. The van der Waals surface area contributed by atoms with Crippen molar-refractivity contribution in [2.24, 2.45) is 0 Å². The first-order chi connectivity index (χ1) is 36.3. The highest BCUT2D eigenvalue weighted by Crippen LogP contribution is 2.38. The first-order valence-electron chi connectivity index (χ1n) is 30.1. The summed E-state index contributed by atoms with van der Waals surface area (Å²) in [4.78, 5) is 18.6. The number of allylic oxidation sites excluding steroid dienone is 4. The van der Waals surface area contributed by atoms with E-state index in [1.54, 1.807) is 0 Å². The van der Waals surface area contributed by atoms with E-state index in [-0.39, 0.29) is 0 Å². The van der Waals surface area contributed by atoms with Crippen LogP contribution in [-0.4, -0.2) is 125 Å². The zero-order chi connectivity index (χ0) is 52.6. The highest BCUT2D eigenvalue weighted by molar-refractivity contribution is 5.95. The molecular weight excluding hydrogens is 913 g/mol. The van der Waals surface area contributed by atoms with E-state index in [0.717, 1.165) is 172 Å². The number of nitrogens with one attached hydrogen (secondary N) is 10. The van der Waals surface area contributed by atoms with Crippen molar-refractivity contribution in [3.63, 3.8) is 0 Å². The van der Waals surface area contributed by atoms with Gasteiger partial charge in [-0.25, -0.2) is 9.97 Å². The van der Waals surface area contributed by atoms with Gasteiger partial charge in [-0.15, -0.1) is 0 Å². The highest BCUT2D eigenvalue weighted by atomic mass is 14.9. The van der Waals surface area contributed by atoms with Crippen LogP contribution in [0, 0.1) is 13.8 Å². The van der Waals surface area contributed by atoms with Crippen LogP contribution < -0.4 is 42.5 Å². The van der Waals surface area contributed by atoms with Crippen LogP contribution in [0.2, 0.25) is 0 Å². The van der Waals surface area contributed by atoms with Crippen LogP contribution in [0.5, 0.6) is 0 Å². The molecule has 0 spiro atoms. The second-order valence-corrected chi connectivity index (χ2v) is 21.0. The summed E-state index contributed by atoms with van der Waals surface area (Å²) in [5, 5.41) is 28.9. The van der Waals surface area contributed by atoms with E-state index < -0.39 is 0 Å². The predicted octanol–water partition coefficient (Wildman–Crippen LogP) is 10.9. The fourth-order valence-electron chi connectivity index (χ4n) is 10.6. The number of H-pyrrole nitrogens is 2. The number of aromatic amines is 2. The molecule has 414 valence electrons. The monoisotopic (exact) mass is 1020 g/mol. The third-order valence-electron chi connectivity index (χ3n) is 15.3. The van der Waals surface area contributed by atoms with Gasteiger partial charge in [0, 0.05) is 22.1 Å². The molecule has 3 aromatic heterocycles. The molecule has 0 fully saturated rings. The first-order valence-corrected chi connectivity index (χ1v) is 30.1. The van der Waals surface area contributed by atoms with Crippen LogP contribution in [0.3, 0.4) is 0 Å². The molecule has 12 nitrogen and oxygen atoms in total. The number of unbranched alkanes of at least 4 members (excludes halogenated alkanes) is 6. The summed E-state index contributed by atoms with van der Waals surface area (Å²) in [5.74, 6) is 0. The number of aryl methyl sites for hydroxylation is 4. The van der Waals surface area contributed by atoms with Gasteiger partial charge in [0.05, 0.1) is 22.8 Å². The number of nitrogens with zero attached hydrogens (tertiary/aromatic N) is 2. The number of hydrogen-bond donors (Lipinski definition) is 10. The number of rotatable bonds is 42. The standard InChI is InChI=1S/C62H106N12/c1-9-51-47(5)55-43-56-49(7)53(27-25-41-69-39-23-21-37-67-35-19-17-33-65-31-15-13-29-63-11-3)61(73-56)45-58-50(8)54(62(74-58)46-60-52(10-2)48(6)57(72-60)44-59(51)71-55)28-26-42-70-40-24-22-38-68-36-20-18-34-66-32-16-14-30-64-12-4/h43-46,63-72H,9-42H2,1-8H3. The van der Waals surface area contributed by atoms with Crippen LogP contribution in [-0.2, 0) is 12.8 Å². The van der Waals surface area contributed by atoms with E-state index >= 15 is 0 Å². The van der Waals surface area contributed by atoms with Gasteiger partial charge in [0.1, 0.15) is 0 Å². The van der Waals surface area contributed by atoms with Crippen LogP contribution in [0.1, 0.15) is 189 Å². The first kappa shape index (κ1) is 61.1. The largest absolute Gasteiger partial charge is 0.355 e. The summed E-state index contributed by atoms with van der Waals surface area (Å²) in [5.41, 5.74) is 19.5. The lowest BCUT2D eigenvalue weighted by Gasteiger charge is -2.09. The maximum Gasteiger partial charge on any atom is 0.0694 e. The third-order valence-corrected chi connectivity index (χ3v) is 15.3. The average molecular weight is 1020 g/mol. The quantitative estimate of drug-likeness (QED) is 0.0248. The minimum Gasteiger partial charge on any atom is -0.355 e. The summed E-state index contributed by atoms with van der Waals surface area (Å²) < 4.78 is 0. The fraction of sp³-hybridized carbons (Fsp3) is 0.677. The smallest absolute Gasteiger partial charge is 0.0694 e. The zero-order valence-electron chi connectivity index (χ0n) is 48.2. The van der Waals surface area contributed by atoms with Crippen molar-refractivity contribution in [3.05, 3.63) is 69.3 Å². The topological polar surface area (TPSA) is 154 Å². The Balaban J connectivity index is 1.17. The fourth-order valence-corrected chi connectivity index (χ4v) is 10.6. The summed E-state index contributed by atoms with van der Waals surface area (Å²) in [6.07, 6.45) is 20.9. The summed E-state index contributed by atoms with van der Waals surface area (Å²) in [7, 11) is 0. The Morgan fingerprint density at radius 2 is 0.608 bits per heavy atom. The molecule has 0 radical (unpaired) electrons. The summed E-state index contributed by atoms with van der Waals surface area (Å²) in [6, 6.07) is 9.27. The number of fused-ring (bicyclic) bond motifs is 8. The molecule has 5 rings (SSSR count). The van der Waals surface area contributed by atoms with Crippen molar-refractivity contribution in [1.82, 2.24) is 62.5 Å². The summed E-state index contributed by atoms with van der Waals surface area (Å²) in [6.45, 7) is 35.5. The second kappa shape index (κ2) is 36.3. The van der Waals surface area contributed by atoms with Crippen LogP contribution >= 0.6 is 0 Å². The Morgan fingerprint density at radius 3 is 0.959 bits per heavy atom. The van der Waals surface area contributed by atoms with Crippen molar-refractivity contribution in [3.8, 4) is 0 Å². The Bertz CT molecular complexity index is 2290. The maximum atomic E-state index is 5.47.